The zero-order chi connectivity index (χ0) is 15.5. The fourth-order valence-electron chi connectivity index (χ4n) is 2.01. The van der Waals surface area contributed by atoms with E-state index in [0.29, 0.717) is 11.3 Å². The minimum Gasteiger partial charge on any atom is -0.497 e. The number of hydrogen-bond donors (Lipinski definition) is 1. The van der Waals surface area contributed by atoms with Gasteiger partial charge in [-0.05, 0) is 24.3 Å². The number of nitrogens with zero attached hydrogens (tertiary/aromatic N) is 1. The Morgan fingerprint density at radius 1 is 1.27 bits per heavy atom. The molecule has 0 saturated carbocycles. The van der Waals surface area contributed by atoms with Crippen LogP contribution in [0, 0.1) is 0 Å². The molecule has 0 fully saturated rings. The Bertz CT molecular complexity index is 815. The number of benzene rings is 2. The van der Waals surface area contributed by atoms with Crippen molar-refractivity contribution in [1.82, 2.24) is 9.97 Å². The van der Waals surface area contributed by atoms with E-state index in [2.05, 4.69) is 25.9 Å². The predicted octanol–water partition coefficient (Wildman–Crippen LogP) is 4.31. The smallest absolute Gasteiger partial charge is 0.173 e. The first kappa shape index (κ1) is 15.1. The Hall–Kier alpha value is -1.79. The van der Waals surface area contributed by atoms with E-state index in [0.717, 1.165) is 26.4 Å². The fraction of sp³-hybridized carbons (Fsp3) is 0.125. The van der Waals surface area contributed by atoms with E-state index >= 15 is 0 Å². The van der Waals surface area contributed by atoms with Crippen molar-refractivity contribution in [3.05, 3.63) is 52.5 Å². The van der Waals surface area contributed by atoms with E-state index in [4.69, 9.17) is 4.74 Å². The highest BCUT2D eigenvalue weighted by Gasteiger charge is 2.09. The van der Waals surface area contributed by atoms with E-state index < -0.39 is 0 Å². The number of H-pyrrole nitrogens is 1. The molecule has 3 aromatic rings. The normalized spacial score (nSPS) is 10.8. The summed E-state index contributed by atoms with van der Waals surface area (Å²) >= 11 is 4.76. The molecule has 1 N–H and O–H groups in total. The number of carbonyl (C=O) groups excluding carboxylic acids is 1. The van der Waals surface area contributed by atoms with Crippen LogP contribution >= 0.6 is 27.7 Å². The van der Waals surface area contributed by atoms with Gasteiger partial charge in [0.15, 0.2) is 10.9 Å². The second-order valence-corrected chi connectivity index (χ2v) is 6.52. The maximum Gasteiger partial charge on any atom is 0.173 e. The monoisotopic (exact) mass is 376 g/mol. The first-order chi connectivity index (χ1) is 10.7. The Morgan fingerprint density at radius 2 is 2.05 bits per heavy atom. The Morgan fingerprint density at radius 3 is 2.77 bits per heavy atom. The number of thioether (sulfide) groups is 1. The fourth-order valence-corrected chi connectivity index (χ4v) is 3.06. The highest BCUT2D eigenvalue weighted by atomic mass is 79.9. The summed E-state index contributed by atoms with van der Waals surface area (Å²) in [5, 5.41) is 0.730. The van der Waals surface area contributed by atoms with Crippen molar-refractivity contribution in [2.75, 3.05) is 12.9 Å². The van der Waals surface area contributed by atoms with Gasteiger partial charge in [0.2, 0.25) is 0 Å². The molecule has 0 saturated heterocycles. The second-order valence-electron chi connectivity index (χ2n) is 4.64. The summed E-state index contributed by atoms with van der Waals surface area (Å²) < 4.78 is 6.15. The van der Waals surface area contributed by atoms with Gasteiger partial charge < -0.3 is 9.72 Å². The molecular formula is C16H13BrN2O2S. The van der Waals surface area contributed by atoms with Crippen LogP contribution in [0.4, 0.5) is 0 Å². The third-order valence-corrected chi connectivity index (χ3v) is 4.58. The molecule has 1 aromatic heterocycles. The molecule has 0 amide bonds. The first-order valence-corrected chi connectivity index (χ1v) is 8.39. The predicted molar refractivity (Wildman–Crippen MR) is 91.8 cm³/mol. The van der Waals surface area contributed by atoms with Crippen LogP contribution in [0.5, 0.6) is 5.75 Å². The molecule has 6 heteroatoms. The van der Waals surface area contributed by atoms with Gasteiger partial charge in [0.05, 0.1) is 23.9 Å². The van der Waals surface area contributed by atoms with Crippen molar-refractivity contribution in [3.63, 3.8) is 0 Å². The zero-order valence-corrected chi connectivity index (χ0v) is 14.2. The lowest BCUT2D eigenvalue weighted by molar-refractivity contribution is 0.102. The SMILES string of the molecule is COc1ccc2nc(SCC(=O)c3ccc(Br)cc3)[nH]c2c1. The van der Waals surface area contributed by atoms with Crippen molar-refractivity contribution in [3.8, 4) is 5.75 Å². The highest BCUT2D eigenvalue weighted by Crippen LogP contribution is 2.23. The van der Waals surface area contributed by atoms with Gasteiger partial charge in [0, 0.05) is 16.1 Å². The standard InChI is InChI=1S/C16H13BrN2O2S/c1-21-12-6-7-13-14(8-12)19-16(18-13)22-9-15(20)10-2-4-11(17)5-3-10/h2-8H,9H2,1H3,(H,18,19). The van der Waals surface area contributed by atoms with Crippen LogP contribution < -0.4 is 4.74 Å². The van der Waals surface area contributed by atoms with Crippen molar-refractivity contribution < 1.29 is 9.53 Å². The number of ketones is 1. The molecular weight excluding hydrogens is 364 g/mol. The molecule has 3 rings (SSSR count). The van der Waals surface area contributed by atoms with Crippen LogP contribution in [-0.4, -0.2) is 28.6 Å². The second kappa shape index (κ2) is 6.54. The molecule has 0 radical (unpaired) electrons. The lowest BCUT2D eigenvalue weighted by atomic mass is 10.2. The number of nitrogens with one attached hydrogen (secondary N) is 1. The number of ether oxygens (including phenoxy) is 1. The van der Waals surface area contributed by atoms with Crippen LogP contribution in [0.15, 0.2) is 52.1 Å². The maximum atomic E-state index is 12.1. The van der Waals surface area contributed by atoms with E-state index in [-0.39, 0.29) is 5.78 Å². The number of halogens is 1. The Labute approximate surface area is 140 Å². The first-order valence-electron chi connectivity index (χ1n) is 6.61. The third-order valence-electron chi connectivity index (χ3n) is 3.17. The molecule has 4 nitrogen and oxygen atoms in total. The number of aromatic amines is 1. The molecule has 0 bridgehead atoms. The lowest BCUT2D eigenvalue weighted by Crippen LogP contribution is -2.02. The minimum atomic E-state index is 0.0792. The highest BCUT2D eigenvalue weighted by molar-refractivity contribution is 9.10. The molecule has 0 unspecified atom stereocenters. The summed E-state index contributed by atoms with van der Waals surface area (Å²) in [6.07, 6.45) is 0. The number of rotatable bonds is 5. The summed E-state index contributed by atoms with van der Waals surface area (Å²) in [7, 11) is 1.63. The zero-order valence-electron chi connectivity index (χ0n) is 11.8. The topological polar surface area (TPSA) is 55.0 Å². The van der Waals surface area contributed by atoms with Gasteiger partial charge in [-0.25, -0.2) is 4.98 Å². The Kier molecular flexibility index (Phi) is 4.49. The summed E-state index contributed by atoms with van der Waals surface area (Å²) in [6.45, 7) is 0. The largest absolute Gasteiger partial charge is 0.497 e. The molecule has 0 aliphatic rings. The van der Waals surface area contributed by atoms with Gasteiger partial charge in [-0.3, -0.25) is 4.79 Å². The molecule has 0 atom stereocenters. The molecule has 1 heterocycles. The van der Waals surface area contributed by atoms with Crippen molar-refractivity contribution >= 4 is 44.5 Å². The minimum absolute atomic E-state index is 0.0792. The molecule has 0 aliphatic heterocycles. The van der Waals surface area contributed by atoms with Gasteiger partial charge in [-0.1, -0.05) is 39.8 Å². The van der Waals surface area contributed by atoms with Gasteiger partial charge in [0.25, 0.3) is 0 Å². The number of imidazole rings is 1. The molecule has 22 heavy (non-hydrogen) atoms. The summed E-state index contributed by atoms with van der Waals surface area (Å²) in [5.41, 5.74) is 2.46. The van der Waals surface area contributed by atoms with Crippen LogP contribution in [0.25, 0.3) is 11.0 Å². The molecule has 112 valence electrons. The van der Waals surface area contributed by atoms with E-state index in [9.17, 15) is 4.79 Å². The summed E-state index contributed by atoms with van der Waals surface area (Å²) in [5.74, 6) is 1.20. The van der Waals surface area contributed by atoms with Crippen molar-refractivity contribution in [1.29, 1.82) is 0 Å². The average Bonchev–Trinajstić information content (AvgIpc) is 2.95. The Balaban J connectivity index is 1.70. The summed E-state index contributed by atoms with van der Waals surface area (Å²) in [6, 6.07) is 13.0. The van der Waals surface area contributed by atoms with E-state index in [1.807, 2.05) is 42.5 Å². The molecule has 0 spiro atoms. The quantitative estimate of drug-likeness (QED) is 0.532. The number of methoxy groups -OCH3 is 1. The third kappa shape index (κ3) is 3.34. The van der Waals surface area contributed by atoms with Crippen LogP contribution in [0.1, 0.15) is 10.4 Å². The van der Waals surface area contributed by atoms with Crippen LogP contribution in [0.3, 0.4) is 0 Å². The van der Waals surface area contributed by atoms with Gasteiger partial charge in [-0.2, -0.15) is 0 Å². The van der Waals surface area contributed by atoms with Crippen molar-refractivity contribution in [2.45, 2.75) is 5.16 Å². The van der Waals surface area contributed by atoms with E-state index in [1.165, 1.54) is 11.8 Å². The lowest BCUT2D eigenvalue weighted by Gasteiger charge is -1.99. The number of hydrogen-bond acceptors (Lipinski definition) is 4. The summed E-state index contributed by atoms with van der Waals surface area (Å²) in [4.78, 5) is 19.8. The van der Waals surface area contributed by atoms with E-state index in [1.54, 1.807) is 7.11 Å². The number of aromatic nitrogens is 2. The van der Waals surface area contributed by atoms with Crippen molar-refractivity contribution in [2.24, 2.45) is 0 Å². The van der Waals surface area contributed by atoms with Gasteiger partial charge in [0.1, 0.15) is 5.75 Å². The number of Topliss-reactive ketones (excluding diaryl/α,β-unsaturated/α-hetero) is 1. The number of carbonyl (C=O) groups is 1. The average molecular weight is 377 g/mol. The van der Waals surface area contributed by atoms with Crippen LogP contribution in [-0.2, 0) is 0 Å². The molecule has 0 aliphatic carbocycles. The maximum absolute atomic E-state index is 12.1. The van der Waals surface area contributed by atoms with Gasteiger partial charge in [-0.15, -0.1) is 0 Å². The number of fused-ring (bicyclic) bond motifs is 1. The van der Waals surface area contributed by atoms with Gasteiger partial charge >= 0.3 is 0 Å². The van der Waals surface area contributed by atoms with Crippen LogP contribution in [0.2, 0.25) is 0 Å². The molecule has 2 aromatic carbocycles.